The molecule has 1 saturated heterocycles. The molecule has 0 bridgehead atoms. The Morgan fingerprint density at radius 1 is 1.21 bits per heavy atom. The Balaban J connectivity index is 1.59. The van der Waals surface area contributed by atoms with Crippen molar-refractivity contribution in [3.05, 3.63) is 52.7 Å². The second-order valence-corrected chi connectivity index (χ2v) is 8.69. The first-order valence-corrected chi connectivity index (χ1v) is 11.2. The van der Waals surface area contributed by atoms with Crippen LogP contribution in [0.1, 0.15) is 25.0 Å². The normalized spacial score (nSPS) is 14.7. The first-order valence-electron chi connectivity index (χ1n) is 10.8. The number of carbonyl (C=O) groups is 1. The van der Waals surface area contributed by atoms with Crippen LogP contribution < -0.4 is 14.4 Å². The average molecular weight is 498 g/mol. The van der Waals surface area contributed by atoms with Crippen LogP contribution in [0.2, 0.25) is 5.02 Å². The highest BCUT2D eigenvalue weighted by Gasteiger charge is 2.31. The third-order valence-electron chi connectivity index (χ3n) is 5.22. The van der Waals surface area contributed by atoms with Crippen molar-refractivity contribution in [2.24, 2.45) is 5.92 Å². The Bertz CT molecular complexity index is 1020. The lowest BCUT2D eigenvalue weighted by Gasteiger charge is -2.35. The molecule has 0 radical (unpaired) electrons. The van der Waals surface area contributed by atoms with Gasteiger partial charge in [-0.15, -0.1) is 0 Å². The number of aromatic nitrogens is 1. The molecule has 1 aromatic heterocycles. The van der Waals surface area contributed by atoms with E-state index in [1.807, 2.05) is 18.7 Å². The number of amides is 1. The number of benzene rings is 1. The van der Waals surface area contributed by atoms with Crippen LogP contribution in [0.15, 0.2) is 36.5 Å². The highest BCUT2D eigenvalue weighted by molar-refractivity contribution is 6.32. The largest absolute Gasteiger partial charge is 0.493 e. The molecule has 0 N–H and O–H groups in total. The van der Waals surface area contributed by atoms with Gasteiger partial charge in [0, 0.05) is 38.5 Å². The monoisotopic (exact) mass is 497 g/mol. The number of carbonyl (C=O) groups excluding carboxylic acids is 1. The molecule has 0 atom stereocenters. The molecule has 34 heavy (non-hydrogen) atoms. The Morgan fingerprint density at radius 2 is 1.91 bits per heavy atom. The molecule has 10 heteroatoms. The van der Waals surface area contributed by atoms with Crippen molar-refractivity contribution in [3.8, 4) is 11.5 Å². The van der Waals surface area contributed by atoms with Gasteiger partial charge in [-0.1, -0.05) is 25.4 Å². The molecule has 1 aliphatic heterocycles. The van der Waals surface area contributed by atoms with Gasteiger partial charge in [0.1, 0.15) is 5.82 Å². The zero-order chi connectivity index (χ0) is 24.9. The molecule has 0 unspecified atom stereocenters. The van der Waals surface area contributed by atoms with Crippen molar-refractivity contribution >= 4 is 29.4 Å². The molecular formula is C24H27ClF3N3O3. The van der Waals surface area contributed by atoms with Gasteiger partial charge in [-0.3, -0.25) is 4.79 Å². The number of rotatable bonds is 7. The van der Waals surface area contributed by atoms with E-state index in [0.29, 0.717) is 66.6 Å². The van der Waals surface area contributed by atoms with E-state index in [-0.39, 0.29) is 5.91 Å². The highest BCUT2D eigenvalue weighted by atomic mass is 35.5. The fourth-order valence-corrected chi connectivity index (χ4v) is 3.67. The molecule has 3 rings (SSSR count). The minimum Gasteiger partial charge on any atom is -0.493 e. The minimum atomic E-state index is -4.42. The lowest BCUT2D eigenvalue weighted by molar-refractivity contribution is -0.137. The van der Waals surface area contributed by atoms with Crippen molar-refractivity contribution in [2.45, 2.75) is 20.0 Å². The van der Waals surface area contributed by atoms with E-state index in [0.717, 1.165) is 12.3 Å². The first-order chi connectivity index (χ1) is 16.1. The fraction of sp³-hybridized carbons (Fsp3) is 0.417. The summed E-state index contributed by atoms with van der Waals surface area (Å²) >= 11 is 6.36. The number of piperazine rings is 1. The van der Waals surface area contributed by atoms with E-state index in [9.17, 15) is 18.0 Å². The molecule has 0 saturated carbocycles. The van der Waals surface area contributed by atoms with Crippen LogP contribution in [0.3, 0.4) is 0 Å². The van der Waals surface area contributed by atoms with Gasteiger partial charge >= 0.3 is 6.18 Å². The van der Waals surface area contributed by atoms with Crippen molar-refractivity contribution in [2.75, 3.05) is 44.8 Å². The smallest absolute Gasteiger partial charge is 0.417 e. The van der Waals surface area contributed by atoms with Gasteiger partial charge in [0.2, 0.25) is 5.91 Å². The molecule has 2 heterocycles. The summed E-state index contributed by atoms with van der Waals surface area (Å²) in [6.07, 6.45) is -0.467. The van der Waals surface area contributed by atoms with Gasteiger partial charge in [0.05, 0.1) is 24.3 Å². The maximum Gasteiger partial charge on any atom is 0.417 e. The highest BCUT2D eigenvalue weighted by Crippen LogP contribution is 2.37. The van der Waals surface area contributed by atoms with Crippen LogP contribution in [-0.4, -0.2) is 55.7 Å². The summed E-state index contributed by atoms with van der Waals surface area (Å²) in [5.41, 5.74) is -0.0915. The van der Waals surface area contributed by atoms with Crippen molar-refractivity contribution < 1.29 is 27.4 Å². The number of methoxy groups -OCH3 is 1. The number of alkyl halides is 3. The number of nitrogens with zero attached hydrogens (tertiary/aromatic N) is 3. The van der Waals surface area contributed by atoms with Crippen LogP contribution in [0, 0.1) is 5.92 Å². The van der Waals surface area contributed by atoms with E-state index in [1.54, 1.807) is 23.1 Å². The van der Waals surface area contributed by atoms with Gasteiger partial charge in [0.15, 0.2) is 11.5 Å². The number of hydrogen-bond donors (Lipinski definition) is 0. The van der Waals surface area contributed by atoms with Crippen molar-refractivity contribution in [3.63, 3.8) is 0 Å². The van der Waals surface area contributed by atoms with Gasteiger partial charge < -0.3 is 19.3 Å². The van der Waals surface area contributed by atoms with Gasteiger partial charge in [-0.25, -0.2) is 4.98 Å². The molecule has 1 aromatic carbocycles. The molecule has 1 fully saturated rings. The van der Waals surface area contributed by atoms with E-state index in [1.165, 1.54) is 19.3 Å². The lowest BCUT2D eigenvalue weighted by Crippen LogP contribution is -2.48. The van der Waals surface area contributed by atoms with Crippen molar-refractivity contribution in [1.29, 1.82) is 0 Å². The van der Waals surface area contributed by atoms with Gasteiger partial charge in [-0.05, 0) is 41.8 Å². The molecule has 6 nitrogen and oxygen atoms in total. The van der Waals surface area contributed by atoms with E-state index in [2.05, 4.69) is 4.98 Å². The molecule has 1 amide bonds. The zero-order valence-corrected chi connectivity index (χ0v) is 20.0. The zero-order valence-electron chi connectivity index (χ0n) is 19.2. The summed E-state index contributed by atoms with van der Waals surface area (Å²) in [5, 5.41) is 0.393. The Morgan fingerprint density at radius 3 is 2.47 bits per heavy atom. The Kier molecular flexibility index (Phi) is 8.30. The number of pyridine rings is 1. The summed E-state index contributed by atoms with van der Waals surface area (Å²) in [4.78, 5) is 20.1. The fourth-order valence-electron chi connectivity index (χ4n) is 3.40. The summed E-state index contributed by atoms with van der Waals surface area (Å²) < 4.78 is 49.3. The Labute approximate surface area is 201 Å². The van der Waals surface area contributed by atoms with Crippen LogP contribution >= 0.6 is 11.6 Å². The third kappa shape index (κ3) is 6.56. The summed E-state index contributed by atoms with van der Waals surface area (Å²) in [6.45, 7) is 6.36. The predicted octanol–water partition coefficient (Wildman–Crippen LogP) is 5.16. The number of anilines is 1. The average Bonchev–Trinajstić information content (AvgIpc) is 2.81. The lowest BCUT2D eigenvalue weighted by atomic mass is 10.1. The molecular weight excluding hydrogens is 471 g/mol. The van der Waals surface area contributed by atoms with Gasteiger partial charge in [-0.2, -0.15) is 13.2 Å². The Hall–Kier alpha value is -2.94. The molecule has 1 aliphatic rings. The number of ether oxygens (including phenoxy) is 2. The van der Waals surface area contributed by atoms with Gasteiger partial charge in [0.25, 0.3) is 0 Å². The molecule has 2 aromatic rings. The number of halogens is 4. The minimum absolute atomic E-state index is 0.171. The molecule has 0 spiro atoms. The topological polar surface area (TPSA) is 54.9 Å². The summed E-state index contributed by atoms with van der Waals surface area (Å²) in [5.74, 6) is 1.56. The van der Waals surface area contributed by atoms with Crippen LogP contribution in [0.4, 0.5) is 19.0 Å². The second-order valence-electron chi connectivity index (χ2n) is 8.29. The standard InChI is InChI=1S/C24H27ClF3N3O3/c1-16(2)15-34-23-19(25)12-17(13-20(23)33-3)4-7-22(32)31-10-8-30(9-11-31)21-6-5-18(14-29-21)24(26,27)28/h4-7,12-14,16H,8-11,15H2,1-3H3/b7-4+. The van der Waals surface area contributed by atoms with E-state index < -0.39 is 11.7 Å². The first kappa shape index (κ1) is 25.7. The second kappa shape index (κ2) is 11.0. The quantitative estimate of drug-likeness (QED) is 0.495. The maximum absolute atomic E-state index is 12.7. The van der Waals surface area contributed by atoms with Crippen LogP contribution in [0.25, 0.3) is 6.08 Å². The molecule has 0 aliphatic carbocycles. The SMILES string of the molecule is COc1cc(/C=C/C(=O)N2CCN(c3ccc(C(F)(F)F)cn3)CC2)cc(Cl)c1OCC(C)C. The van der Waals surface area contributed by atoms with E-state index >= 15 is 0 Å². The van der Waals surface area contributed by atoms with E-state index in [4.69, 9.17) is 21.1 Å². The van der Waals surface area contributed by atoms with Crippen LogP contribution in [-0.2, 0) is 11.0 Å². The maximum atomic E-state index is 12.7. The predicted molar refractivity (Wildman–Crippen MR) is 125 cm³/mol. The number of hydrogen-bond acceptors (Lipinski definition) is 5. The third-order valence-corrected chi connectivity index (χ3v) is 5.50. The van der Waals surface area contributed by atoms with Crippen molar-refractivity contribution in [1.82, 2.24) is 9.88 Å². The van der Waals surface area contributed by atoms with Crippen LogP contribution in [0.5, 0.6) is 11.5 Å². The molecule has 184 valence electrons. The summed E-state index contributed by atoms with van der Waals surface area (Å²) in [6, 6.07) is 5.82. The summed E-state index contributed by atoms with van der Waals surface area (Å²) in [7, 11) is 1.53.